The molecule has 1 aromatic carbocycles. The fourth-order valence-corrected chi connectivity index (χ4v) is 2.26. The van der Waals surface area contributed by atoms with Crippen LogP contribution in [0.3, 0.4) is 0 Å². The summed E-state index contributed by atoms with van der Waals surface area (Å²) in [5.74, 6) is 0.101. The first-order chi connectivity index (χ1) is 11.7. The number of anilines is 2. The van der Waals surface area contributed by atoms with Crippen LogP contribution >= 0.6 is 0 Å². The lowest BCUT2D eigenvalue weighted by Gasteiger charge is -2.19. The van der Waals surface area contributed by atoms with E-state index in [1.807, 2.05) is 0 Å². The number of alkyl carbamates (subject to hydrolysis) is 1. The number of ether oxygens (including phenoxy) is 1. The van der Waals surface area contributed by atoms with Crippen LogP contribution in [0, 0.1) is 5.82 Å². The lowest BCUT2D eigenvalue weighted by Crippen LogP contribution is -2.32. The Morgan fingerprint density at radius 3 is 2.64 bits per heavy atom. The van der Waals surface area contributed by atoms with Gasteiger partial charge in [-0.2, -0.15) is 0 Å². The summed E-state index contributed by atoms with van der Waals surface area (Å²) in [5.41, 5.74) is 7.57. The number of benzene rings is 1. The molecule has 0 aliphatic rings. The van der Waals surface area contributed by atoms with Gasteiger partial charge in [0.15, 0.2) is 0 Å². The smallest absolute Gasteiger partial charge is 0.407 e. The Kier molecular flexibility index (Phi) is 5.46. The second-order valence-corrected chi connectivity index (χ2v) is 6.53. The fourth-order valence-electron chi connectivity index (χ4n) is 2.26. The van der Waals surface area contributed by atoms with Crippen molar-refractivity contribution in [3.05, 3.63) is 41.8 Å². The molecule has 0 saturated heterocycles. The van der Waals surface area contributed by atoms with Crippen LogP contribution < -0.4 is 16.4 Å². The topological polar surface area (TPSA) is 89.3 Å². The summed E-state index contributed by atoms with van der Waals surface area (Å²) < 4.78 is 19.5. The number of aromatic nitrogens is 1. The number of nitrogens with one attached hydrogen (secondary N) is 2. The molecule has 4 N–H and O–H groups in total. The molecular weight excluding hydrogens is 323 g/mol. The molecule has 0 spiro atoms. The molecule has 0 unspecified atom stereocenters. The third-order valence-electron chi connectivity index (χ3n) is 3.41. The zero-order chi connectivity index (χ0) is 18.6. The summed E-state index contributed by atoms with van der Waals surface area (Å²) in [5, 5.41) is 5.43. The van der Waals surface area contributed by atoms with E-state index in [4.69, 9.17) is 10.5 Å². The molecule has 1 amide bonds. The molecule has 1 aromatic heterocycles. The van der Waals surface area contributed by atoms with Gasteiger partial charge in [-0.25, -0.2) is 14.2 Å². The molecule has 134 valence electrons. The van der Waals surface area contributed by atoms with E-state index in [0.717, 1.165) is 0 Å². The van der Waals surface area contributed by atoms with Gasteiger partial charge in [0.2, 0.25) is 0 Å². The Morgan fingerprint density at radius 2 is 2.04 bits per heavy atom. The van der Waals surface area contributed by atoms with Crippen LogP contribution in [-0.4, -0.2) is 23.7 Å². The van der Waals surface area contributed by atoms with Crippen LogP contribution in [0.2, 0.25) is 0 Å². The average Bonchev–Trinajstić information content (AvgIpc) is 2.52. The number of pyridine rings is 1. The molecule has 0 radical (unpaired) electrons. The highest BCUT2D eigenvalue weighted by atomic mass is 19.1. The lowest BCUT2D eigenvalue weighted by molar-refractivity contribution is 0.0523. The van der Waals surface area contributed by atoms with Crippen molar-refractivity contribution in [3.63, 3.8) is 0 Å². The number of amides is 1. The number of hydrogen-bond acceptors (Lipinski definition) is 5. The standard InChI is InChI=1S/C18H23FN4O2/c1-18(2,3)25-17(24)23-10-12-6-5-11(9-14(12)19)13-7-8-22-16(21-4)15(13)20/h5-9H,10,20H2,1-4H3,(H,21,22)(H,23,24). The van der Waals surface area contributed by atoms with E-state index >= 15 is 0 Å². The second kappa shape index (κ2) is 7.38. The van der Waals surface area contributed by atoms with E-state index in [0.29, 0.717) is 28.2 Å². The number of nitrogens with two attached hydrogens (primary N) is 1. The summed E-state index contributed by atoms with van der Waals surface area (Å²) >= 11 is 0. The van der Waals surface area contributed by atoms with Crippen molar-refractivity contribution < 1.29 is 13.9 Å². The Bertz CT molecular complexity index is 772. The monoisotopic (exact) mass is 346 g/mol. The van der Waals surface area contributed by atoms with E-state index in [9.17, 15) is 9.18 Å². The molecular formula is C18H23FN4O2. The predicted molar refractivity (Wildman–Crippen MR) is 96.7 cm³/mol. The summed E-state index contributed by atoms with van der Waals surface area (Å²) in [6.45, 7) is 5.33. The van der Waals surface area contributed by atoms with Gasteiger partial charge in [-0.1, -0.05) is 12.1 Å². The van der Waals surface area contributed by atoms with Gasteiger partial charge in [0.05, 0.1) is 5.69 Å². The molecule has 0 atom stereocenters. The van der Waals surface area contributed by atoms with Gasteiger partial charge >= 0.3 is 6.09 Å². The maximum atomic E-state index is 14.4. The SMILES string of the molecule is CNc1nccc(-c2ccc(CNC(=O)OC(C)(C)C)c(F)c2)c1N. The zero-order valence-electron chi connectivity index (χ0n) is 14.8. The Morgan fingerprint density at radius 1 is 1.32 bits per heavy atom. The van der Waals surface area contributed by atoms with Gasteiger partial charge in [0.25, 0.3) is 0 Å². The Hall–Kier alpha value is -2.83. The van der Waals surface area contributed by atoms with Gasteiger partial charge < -0.3 is 21.1 Å². The van der Waals surface area contributed by atoms with Crippen molar-refractivity contribution in [2.45, 2.75) is 32.9 Å². The van der Waals surface area contributed by atoms with E-state index in [1.165, 1.54) is 6.07 Å². The summed E-state index contributed by atoms with van der Waals surface area (Å²) in [7, 11) is 1.72. The van der Waals surface area contributed by atoms with Crippen LogP contribution in [0.4, 0.5) is 20.7 Å². The van der Waals surface area contributed by atoms with Crippen molar-refractivity contribution in [1.29, 1.82) is 0 Å². The van der Waals surface area contributed by atoms with E-state index in [1.54, 1.807) is 52.2 Å². The summed E-state index contributed by atoms with van der Waals surface area (Å²) in [6, 6.07) is 6.47. The maximum Gasteiger partial charge on any atom is 0.407 e. The largest absolute Gasteiger partial charge is 0.444 e. The molecule has 0 aliphatic carbocycles. The molecule has 7 heteroatoms. The van der Waals surface area contributed by atoms with Gasteiger partial charge in [-0.15, -0.1) is 0 Å². The molecule has 0 fully saturated rings. The van der Waals surface area contributed by atoms with Crippen molar-refractivity contribution in [2.24, 2.45) is 0 Å². The van der Waals surface area contributed by atoms with Crippen LogP contribution in [0.5, 0.6) is 0 Å². The third-order valence-corrected chi connectivity index (χ3v) is 3.41. The highest BCUT2D eigenvalue weighted by Gasteiger charge is 2.16. The Balaban J connectivity index is 2.15. The lowest BCUT2D eigenvalue weighted by atomic mass is 10.0. The maximum absolute atomic E-state index is 14.4. The van der Waals surface area contributed by atoms with Gasteiger partial charge in [0, 0.05) is 30.9 Å². The molecule has 2 aromatic rings. The van der Waals surface area contributed by atoms with E-state index < -0.39 is 17.5 Å². The first-order valence-corrected chi connectivity index (χ1v) is 7.89. The third kappa shape index (κ3) is 4.82. The first-order valence-electron chi connectivity index (χ1n) is 7.89. The molecule has 0 saturated carbocycles. The van der Waals surface area contributed by atoms with Gasteiger partial charge in [-0.05, 0) is 38.5 Å². The molecule has 2 rings (SSSR count). The van der Waals surface area contributed by atoms with Crippen molar-refractivity contribution in [2.75, 3.05) is 18.1 Å². The molecule has 0 bridgehead atoms. The predicted octanol–water partition coefficient (Wildman–Crippen LogP) is 3.54. The number of carbonyl (C=O) groups is 1. The fraction of sp³-hybridized carbons (Fsp3) is 0.333. The Labute approximate surface area is 146 Å². The molecule has 6 nitrogen and oxygen atoms in total. The average molecular weight is 346 g/mol. The summed E-state index contributed by atoms with van der Waals surface area (Å²) in [6.07, 6.45) is 1.01. The normalized spacial score (nSPS) is 11.1. The number of carbonyl (C=O) groups excluding carboxylic acids is 1. The van der Waals surface area contributed by atoms with E-state index in [2.05, 4.69) is 15.6 Å². The highest BCUT2D eigenvalue weighted by molar-refractivity contribution is 5.83. The minimum atomic E-state index is -0.601. The van der Waals surface area contributed by atoms with Gasteiger partial charge in [-0.3, -0.25) is 0 Å². The quantitative estimate of drug-likeness (QED) is 0.788. The van der Waals surface area contributed by atoms with E-state index in [-0.39, 0.29) is 6.54 Å². The van der Waals surface area contributed by atoms with Gasteiger partial charge in [0.1, 0.15) is 17.2 Å². The first kappa shape index (κ1) is 18.5. The highest BCUT2D eigenvalue weighted by Crippen LogP contribution is 2.30. The molecule has 0 aliphatic heterocycles. The minimum absolute atomic E-state index is 0.0363. The van der Waals surface area contributed by atoms with Crippen LogP contribution in [-0.2, 0) is 11.3 Å². The number of nitrogens with zero attached hydrogens (tertiary/aromatic N) is 1. The number of halogens is 1. The number of nitrogen functional groups attached to an aromatic ring is 1. The van der Waals surface area contributed by atoms with Crippen molar-refractivity contribution >= 4 is 17.6 Å². The van der Waals surface area contributed by atoms with Crippen LogP contribution in [0.15, 0.2) is 30.5 Å². The van der Waals surface area contributed by atoms with Crippen LogP contribution in [0.25, 0.3) is 11.1 Å². The number of rotatable bonds is 4. The second-order valence-electron chi connectivity index (χ2n) is 6.53. The van der Waals surface area contributed by atoms with Crippen LogP contribution in [0.1, 0.15) is 26.3 Å². The molecule has 1 heterocycles. The van der Waals surface area contributed by atoms with Crippen molar-refractivity contribution in [3.8, 4) is 11.1 Å². The van der Waals surface area contributed by atoms with Crippen molar-refractivity contribution in [1.82, 2.24) is 10.3 Å². The molecule has 25 heavy (non-hydrogen) atoms. The summed E-state index contributed by atoms with van der Waals surface area (Å²) in [4.78, 5) is 15.8. The zero-order valence-corrected chi connectivity index (χ0v) is 14.8. The number of hydrogen-bond donors (Lipinski definition) is 3. The minimum Gasteiger partial charge on any atom is -0.444 e.